The molecule has 0 aliphatic rings. The van der Waals surface area contributed by atoms with Gasteiger partial charge in [0.25, 0.3) is 0 Å². The molecule has 1 atom stereocenters. The van der Waals surface area contributed by atoms with Crippen molar-refractivity contribution in [2.24, 2.45) is 0 Å². The van der Waals surface area contributed by atoms with E-state index in [4.69, 9.17) is 4.74 Å². The molecule has 19 heavy (non-hydrogen) atoms. The van der Waals surface area contributed by atoms with Gasteiger partial charge in [-0.15, -0.1) is 0 Å². The van der Waals surface area contributed by atoms with Gasteiger partial charge in [0.2, 0.25) is 0 Å². The molecule has 100 valence electrons. The van der Waals surface area contributed by atoms with Crippen molar-refractivity contribution in [1.29, 1.82) is 0 Å². The van der Waals surface area contributed by atoms with Crippen LogP contribution in [0.3, 0.4) is 0 Å². The van der Waals surface area contributed by atoms with Crippen LogP contribution in [0.4, 0.5) is 5.69 Å². The minimum Gasteiger partial charge on any atom is -0.504 e. The van der Waals surface area contributed by atoms with Crippen molar-refractivity contribution in [1.82, 2.24) is 4.98 Å². The molecule has 1 aromatic heterocycles. The first-order chi connectivity index (χ1) is 9.11. The number of ether oxygens (including phenoxy) is 1. The summed E-state index contributed by atoms with van der Waals surface area (Å²) in [7, 11) is 1.54. The number of hydrogen-bond donors (Lipinski definition) is 2. The fourth-order valence-electron chi connectivity index (χ4n) is 1.90. The highest BCUT2D eigenvalue weighted by molar-refractivity contribution is 5.51. The summed E-state index contributed by atoms with van der Waals surface area (Å²) >= 11 is 0. The zero-order chi connectivity index (χ0) is 13.8. The van der Waals surface area contributed by atoms with E-state index in [0.717, 1.165) is 16.8 Å². The Morgan fingerprint density at radius 3 is 2.79 bits per heavy atom. The number of rotatable bonds is 4. The number of aromatic hydroxyl groups is 1. The first-order valence-corrected chi connectivity index (χ1v) is 6.16. The van der Waals surface area contributed by atoms with Crippen molar-refractivity contribution < 1.29 is 9.84 Å². The van der Waals surface area contributed by atoms with Crippen LogP contribution in [0.15, 0.2) is 36.7 Å². The molecule has 0 fully saturated rings. The van der Waals surface area contributed by atoms with Crippen molar-refractivity contribution in [3.8, 4) is 11.5 Å². The number of methoxy groups -OCH3 is 1. The maximum atomic E-state index is 9.60. The smallest absolute Gasteiger partial charge is 0.160 e. The molecule has 0 bridgehead atoms. The van der Waals surface area contributed by atoms with E-state index in [1.54, 1.807) is 19.4 Å². The van der Waals surface area contributed by atoms with Crippen molar-refractivity contribution >= 4 is 5.69 Å². The van der Waals surface area contributed by atoms with Crippen molar-refractivity contribution in [2.45, 2.75) is 19.9 Å². The van der Waals surface area contributed by atoms with E-state index >= 15 is 0 Å². The quantitative estimate of drug-likeness (QED) is 0.883. The summed E-state index contributed by atoms with van der Waals surface area (Å²) in [5, 5.41) is 13.0. The maximum Gasteiger partial charge on any atom is 0.160 e. The summed E-state index contributed by atoms with van der Waals surface area (Å²) in [5.41, 5.74) is 3.19. The van der Waals surface area contributed by atoms with E-state index in [9.17, 15) is 5.11 Å². The molecule has 4 nitrogen and oxygen atoms in total. The number of phenols is 1. The van der Waals surface area contributed by atoms with E-state index in [2.05, 4.69) is 17.2 Å². The monoisotopic (exact) mass is 258 g/mol. The van der Waals surface area contributed by atoms with Crippen LogP contribution in [0.25, 0.3) is 0 Å². The lowest BCUT2D eigenvalue weighted by Crippen LogP contribution is -2.08. The van der Waals surface area contributed by atoms with E-state index < -0.39 is 0 Å². The second-order valence-corrected chi connectivity index (χ2v) is 4.49. The maximum absolute atomic E-state index is 9.60. The third-order valence-electron chi connectivity index (χ3n) is 3.11. The third-order valence-corrected chi connectivity index (χ3v) is 3.11. The summed E-state index contributed by atoms with van der Waals surface area (Å²) in [6, 6.07) is 7.41. The normalized spacial score (nSPS) is 11.9. The lowest BCUT2D eigenvalue weighted by Gasteiger charge is -2.18. The number of aryl methyl sites for hydroxylation is 1. The van der Waals surface area contributed by atoms with Gasteiger partial charge >= 0.3 is 0 Å². The summed E-state index contributed by atoms with van der Waals surface area (Å²) in [4.78, 5) is 4.11. The van der Waals surface area contributed by atoms with Gasteiger partial charge in [-0.2, -0.15) is 0 Å². The van der Waals surface area contributed by atoms with Crippen LogP contribution in [-0.4, -0.2) is 17.2 Å². The van der Waals surface area contributed by atoms with Crippen molar-refractivity contribution in [3.63, 3.8) is 0 Å². The minimum absolute atomic E-state index is 0.0948. The number of pyridine rings is 1. The third kappa shape index (κ3) is 2.96. The number of anilines is 1. The molecule has 0 spiro atoms. The number of hydrogen-bond acceptors (Lipinski definition) is 4. The molecule has 0 aliphatic carbocycles. The highest BCUT2D eigenvalue weighted by atomic mass is 16.5. The number of benzene rings is 1. The molecule has 2 N–H and O–H groups in total. The van der Waals surface area contributed by atoms with E-state index in [0.29, 0.717) is 5.75 Å². The Morgan fingerprint density at radius 1 is 1.32 bits per heavy atom. The number of aromatic nitrogens is 1. The number of nitrogens with one attached hydrogen (secondary N) is 1. The van der Waals surface area contributed by atoms with Gasteiger partial charge in [0.15, 0.2) is 11.5 Å². The molecule has 1 unspecified atom stereocenters. The average Bonchev–Trinajstić information content (AvgIpc) is 2.42. The lowest BCUT2D eigenvalue weighted by atomic mass is 10.1. The average molecular weight is 258 g/mol. The van der Waals surface area contributed by atoms with E-state index in [1.807, 2.05) is 31.3 Å². The number of nitrogens with zero attached hydrogens (tertiary/aromatic N) is 1. The van der Waals surface area contributed by atoms with Gasteiger partial charge in [0.05, 0.1) is 19.0 Å². The SMILES string of the molecule is COc1cc(C(C)Nc2cnccc2C)ccc1O. The summed E-state index contributed by atoms with van der Waals surface area (Å²) < 4.78 is 5.12. The minimum atomic E-state index is 0.0948. The molecule has 0 saturated heterocycles. The first-order valence-electron chi connectivity index (χ1n) is 6.16. The Kier molecular flexibility index (Phi) is 3.90. The Bertz CT molecular complexity index is 570. The van der Waals surface area contributed by atoms with Crippen LogP contribution in [0.1, 0.15) is 24.1 Å². The van der Waals surface area contributed by atoms with Gasteiger partial charge < -0.3 is 15.2 Å². The Labute approximate surface area is 113 Å². The molecule has 1 aromatic carbocycles. The van der Waals surface area contributed by atoms with Crippen LogP contribution in [0.5, 0.6) is 11.5 Å². The van der Waals surface area contributed by atoms with Crippen LogP contribution < -0.4 is 10.1 Å². The predicted molar refractivity (Wildman–Crippen MR) is 75.7 cm³/mol. The lowest BCUT2D eigenvalue weighted by molar-refractivity contribution is 0.373. The standard InChI is InChI=1S/C15H18N2O2/c1-10-6-7-16-9-13(10)17-11(2)12-4-5-14(18)15(8-12)19-3/h4-9,11,17-18H,1-3H3. The molecule has 2 rings (SSSR count). The van der Waals surface area contributed by atoms with Gasteiger partial charge in [0.1, 0.15) is 0 Å². The first kappa shape index (κ1) is 13.2. The summed E-state index contributed by atoms with van der Waals surface area (Å²) in [5.74, 6) is 0.630. The molecule has 1 heterocycles. The molecular formula is C15H18N2O2. The molecular weight excluding hydrogens is 240 g/mol. The molecule has 0 amide bonds. The van der Waals surface area contributed by atoms with Gasteiger partial charge in [-0.05, 0) is 43.2 Å². The van der Waals surface area contributed by atoms with Crippen LogP contribution in [0.2, 0.25) is 0 Å². The zero-order valence-electron chi connectivity index (χ0n) is 11.3. The van der Waals surface area contributed by atoms with Crippen LogP contribution in [0, 0.1) is 6.92 Å². The summed E-state index contributed by atoms with van der Waals surface area (Å²) in [6.07, 6.45) is 3.58. The molecule has 0 saturated carbocycles. The van der Waals surface area contributed by atoms with E-state index in [-0.39, 0.29) is 11.8 Å². The molecule has 4 heteroatoms. The Hall–Kier alpha value is -2.23. The van der Waals surface area contributed by atoms with Crippen molar-refractivity contribution in [3.05, 3.63) is 47.8 Å². The molecule has 0 aliphatic heterocycles. The van der Waals surface area contributed by atoms with E-state index in [1.165, 1.54) is 0 Å². The fraction of sp³-hybridized carbons (Fsp3) is 0.267. The van der Waals surface area contributed by atoms with Crippen LogP contribution in [-0.2, 0) is 0 Å². The summed E-state index contributed by atoms with van der Waals surface area (Å²) in [6.45, 7) is 4.09. The molecule has 2 aromatic rings. The fourth-order valence-corrected chi connectivity index (χ4v) is 1.90. The highest BCUT2D eigenvalue weighted by Gasteiger charge is 2.10. The zero-order valence-corrected chi connectivity index (χ0v) is 11.3. The highest BCUT2D eigenvalue weighted by Crippen LogP contribution is 2.30. The van der Waals surface area contributed by atoms with Crippen LogP contribution >= 0.6 is 0 Å². The van der Waals surface area contributed by atoms with Gasteiger partial charge in [-0.3, -0.25) is 4.98 Å². The molecule has 0 radical (unpaired) electrons. The second kappa shape index (κ2) is 5.61. The topological polar surface area (TPSA) is 54.4 Å². The van der Waals surface area contributed by atoms with Crippen molar-refractivity contribution in [2.75, 3.05) is 12.4 Å². The number of phenolic OH excluding ortho intramolecular Hbond substituents is 1. The van der Waals surface area contributed by atoms with Gasteiger partial charge in [-0.1, -0.05) is 6.07 Å². The Balaban J connectivity index is 2.20. The second-order valence-electron chi connectivity index (χ2n) is 4.49. The predicted octanol–water partition coefficient (Wildman–Crippen LogP) is 3.28. The largest absolute Gasteiger partial charge is 0.504 e. The van der Waals surface area contributed by atoms with Gasteiger partial charge in [0, 0.05) is 12.2 Å². The Morgan fingerprint density at radius 2 is 2.11 bits per heavy atom. The van der Waals surface area contributed by atoms with Gasteiger partial charge in [-0.25, -0.2) is 0 Å².